The first kappa shape index (κ1) is 18.7. The minimum absolute atomic E-state index is 0.0326. The zero-order valence-corrected chi connectivity index (χ0v) is 15.3. The standard InChI is InChI=1S/C18H18N4O4S/c23-18(13-7-9-14(10-8-13)22(24)25)19-11-3-1-2-6-16-20-17(21-26-16)15-5-4-12-27-15/h4-5,7-10,12H,1-3,6,11H2,(H,19,23). The van der Waals surface area contributed by atoms with Gasteiger partial charge in [-0.3, -0.25) is 14.9 Å². The Kier molecular flexibility index (Phi) is 6.26. The van der Waals surface area contributed by atoms with E-state index in [-0.39, 0.29) is 11.6 Å². The number of carbonyl (C=O) groups excluding carboxylic acids is 1. The number of nitro groups is 1. The number of nitrogens with zero attached hydrogens (tertiary/aromatic N) is 3. The Morgan fingerprint density at radius 3 is 2.70 bits per heavy atom. The van der Waals surface area contributed by atoms with Crippen LogP contribution in [0.5, 0.6) is 0 Å². The van der Waals surface area contributed by atoms with E-state index in [9.17, 15) is 14.9 Å². The van der Waals surface area contributed by atoms with Crippen molar-refractivity contribution in [3.63, 3.8) is 0 Å². The van der Waals surface area contributed by atoms with Crippen molar-refractivity contribution in [3.8, 4) is 10.7 Å². The van der Waals surface area contributed by atoms with E-state index >= 15 is 0 Å². The summed E-state index contributed by atoms with van der Waals surface area (Å²) in [5.41, 5.74) is 0.377. The number of non-ortho nitro benzene ring substituents is 1. The zero-order valence-electron chi connectivity index (χ0n) is 14.5. The third-order valence-electron chi connectivity index (χ3n) is 3.90. The van der Waals surface area contributed by atoms with Gasteiger partial charge in [0, 0.05) is 30.7 Å². The predicted molar refractivity (Wildman–Crippen MR) is 101 cm³/mol. The number of rotatable bonds is 9. The fraction of sp³-hybridized carbons (Fsp3) is 0.278. The predicted octanol–water partition coefficient (Wildman–Crippen LogP) is 3.85. The van der Waals surface area contributed by atoms with Gasteiger partial charge >= 0.3 is 0 Å². The van der Waals surface area contributed by atoms with E-state index in [1.807, 2.05) is 17.5 Å². The highest BCUT2D eigenvalue weighted by atomic mass is 32.1. The van der Waals surface area contributed by atoms with Crippen LogP contribution in [0.2, 0.25) is 0 Å². The summed E-state index contributed by atoms with van der Waals surface area (Å²) in [6.07, 6.45) is 3.33. The lowest BCUT2D eigenvalue weighted by molar-refractivity contribution is -0.384. The molecule has 0 aliphatic rings. The zero-order chi connectivity index (χ0) is 19.1. The van der Waals surface area contributed by atoms with Gasteiger partial charge in [0.2, 0.25) is 11.7 Å². The van der Waals surface area contributed by atoms with Crippen LogP contribution in [0.4, 0.5) is 5.69 Å². The molecule has 0 aliphatic heterocycles. The molecule has 140 valence electrons. The minimum Gasteiger partial charge on any atom is -0.352 e. The molecule has 1 aromatic carbocycles. The molecule has 0 spiro atoms. The van der Waals surface area contributed by atoms with Crippen molar-refractivity contribution < 1.29 is 14.2 Å². The summed E-state index contributed by atoms with van der Waals surface area (Å²) < 4.78 is 5.25. The Bertz CT molecular complexity index is 890. The normalized spacial score (nSPS) is 10.7. The summed E-state index contributed by atoms with van der Waals surface area (Å²) in [5.74, 6) is 1.01. The number of thiophene rings is 1. The van der Waals surface area contributed by atoms with E-state index in [0.29, 0.717) is 30.2 Å². The van der Waals surface area contributed by atoms with E-state index in [2.05, 4.69) is 15.5 Å². The molecule has 2 aromatic heterocycles. The van der Waals surface area contributed by atoms with Gasteiger partial charge in [0.15, 0.2) is 0 Å². The number of nitrogens with one attached hydrogen (secondary N) is 1. The van der Waals surface area contributed by atoms with Crippen LogP contribution in [0.25, 0.3) is 10.7 Å². The third kappa shape index (κ3) is 5.20. The molecular weight excluding hydrogens is 368 g/mol. The summed E-state index contributed by atoms with van der Waals surface area (Å²) in [5, 5.41) is 19.4. The van der Waals surface area contributed by atoms with Crippen LogP contribution in [0, 0.1) is 10.1 Å². The van der Waals surface area contributed by atoms with E-state index < -0.39 is 4.92 Å². The molecular formula is C18H18N4O4S. The molecule has 0 atom stereocenters. The SMILES string of the molecule is O=C(NCCCCCc1nc(-c2cccs2)no1)c1ccc([N+](=O)[O-])cc1. The van der Waals surface area contributed by atoms with E-state index in [0.717, 1.165) is 24.1 Å². The average molecular weight is 386 g/mol. The van der Waals surface area contributed by atoms with E-state index in [1.165, 1.54) is 24.3 Å². The Balaban J connectivity index is 1.33. The summed E-state index contributed by atoms with van der Waals surface area (Å²) in [6.45, 7) is 0.542. The molecule has 1 amide bonds. The number of hydrogen-bond donors (Lipinski definition) is 1. The van der Waals surface area contributed by atoms with Crippen molar-refractivity contribution in [2.75, 3.05) is 6.54 Å². The Morgan fingerprint density at radius 1 is 1.19 bits per heavy atom. The second-order valence-corrected chi connectivity index (χ2v) is 6.81. The molecule has 0 unspecified atom stereocenters. The number of nitro benzene ring substituents is 1. The van der Waals surface area contributed by atoms with E-state index in [4.69, 9.17) is 4.52 Å². The lowest BCUT2D eigenvalue weighted by Gasteiger charge is -2.04. The first-order chi connectivity index (χ1) is 13.1. The minimum atomic E-state index is -0.492. The van der Waals surface area contributed by atoms with Gasteiger partial charge in [-0.25, -0.2) is 0 Å². The molecule has 0 saturated carbocycles. The van der Waals surface area contributed by atoms with Crippen LogP contribution < -0.4 is 5.32 Å². The van der Waals surface area contributed by atoms with Gasteiger partial charge in [-0.05, 0) is 36.4 Å². The number of carbonyl (C=O) groups is 1. The maximum absolute atomic E-state index is 12.0. The summed E-state index contributed by atoms with van der Waals surface area (Å²) in [4.78, 5) is 27.5. The fourth-order valence-corrected chi connectivity index (χ4v) is 3.13. The molecule has 0 bridgehead atoms. The Labute approximate surface area is 159 Å². The van der Waals surface area contributed by atoms with Gasteiger partial charge in [-0.2, -0.15) is 4.98 Å². The number of amides is 1. The summed E-state index contributed by atoms with van der Waals surface area (Å²) in [7, 11) is 0. The smallest absolute Gasteiger partial charge is 0.269 e. The van der Waals surface area contributed by atoms with Crippen LogP contribution in [-0.4, -0.2) is 27.5 Å². The van der Waals surface area contributed by atoms with Crippen molar-refractivity contribution in [3.05, 3.63) is 63.3 Å². The number of unbranched alkanes of at least 4 members (excludes halogenated alkanes) is 2. The highest BCUT2D eigenvalue weighted by molar-refractivity contribution is 7.13. The molecule has 3 rings (SSSR count). The molecule has 8 nitrogen and oxygen atoms in total. The topological polar surface area (TPSA) is 111 Å². The first-order valence-corrected chi connectivity index (χ1v) is 9.40. The van der Waals surface area contributed by atoms with Gasteiger partial charge in [0.05, 0.1) is 9.80 Å². The lowest BCUT2D eigenvalue weighted by Crippen LogP contribution is -2.24. The molecule has 9 heteroatoms. The highest BCUT2D eigenvalue weighted by Crippen LogP contribution is 2.21. The Hall–Kier alpha value is -3.07. The molecule has 3 aromatic rings. The van der Waals surface area contributed by atoms with E-state index in [1.54, 1.807) is 11.3 Å². The van der Waals surface area contributed by atoms with Crippen molar-refractivity contribution >= 4 is 22.9 Å². The quantitative estimate of drug-likeness (QED) is 0.340. The molecule has 2 heterocycles. The lowest BCUT2D eigenvalue weighted by atomic mass is 10.1. The van der Waals surface area contributed by atoms with Crippen molar-refractivity contribution in [1.29, 1.82) is 0 Å². The maximum atomic E-state index is 12.0. The maximum Gasteiger partial charge on any atom is 0.269 e. The summed E-state index contributed by atoms with van der Waals surface area (Å²) in [6, 6.07) is 9.45. The van der Waals surface area contributed by atoms with Crippen LogP contribution >= 0.6 is 11.3 Å². The molecule has 0 aliphatic carbocycles. The largest absolute Gasteiger partial charge is 0.352 e. The molecule has 0 fully saturated rings. The van der Waals surface area contributed by atoms with Gasteiger partial charge < -0.3 is 9.84 Å². The van der Waals surface area contributed by atoms with Crippen molar-refractivity contribution in [2.24, 2.45) is 0 Å². The van der Waals surface area contributed by atoms with Crippen LogP contribution in [0.3, 0.4) is 0 Å². The average Bonchev–Trinajstić information content (AvgIpc) is 3.36. The second kappa shape index (κ2) is 9.04. The van der Waals surface area contributed by atoms with Crippen LogP contribution in [0.1, 0.15) is 35.5 Å². The fourth-order valence-electron chi connectivity index (χ4n) is 2.48. The van der Waals surface area contributed by atoms with Crippen LogP contribution in [0.15, 0.2) is 46.3 Å². The third-order valence-corrected chi connectivity index (χ3v) is 4.77. The molecule has 0 radical (unpaired) electrons. The van der Waals surface area contributed by atoms with Gasteiger partial charge in [0.25, 0.3) is 11.6 Å². The highest BCUT2D eigenvalue weighted by Gasteiger charge is 2.10. The number of aromatic nitrogens is 2. The van der Waals surface area contributed by atoms with Gasteiger partial charge in [-0.15, -0.1) is 11.3 Å². The number of hydrogen-bond acceptors (Lipinski definition) is 7. The number of aryl methyl sites for hydroxylation is 1. The second-order valence-electron chi connectivity index (χ2n) is 5.86. The first-order valence-electron chi connectivity index (χ1n) is 8.52. The van der Waals surface area contributed by atoms with Gasteiger partial charge in [0.1, 0.15) is 0 Å². The Morgan fingerprint density at radius 2 is 2.00 bits per heavy atom. The molecule has 0 saturated heterocycles. The molecule has 27 heavy (non-hydrogen) atoms. The van der Waals surface area contributed by atoms with Gasteiger partial charge in [-0.1, -0.05) is 17.6 Å². The van der Waals surface area contributed by atoms with Crippen molar-refractivity contribution in [1.82, 2.24) is 15.5 Å². The molecule has 1 N–H and O–H groups in total. The summed E-state index contributed by atoms with van der Waals surface area (Å²) >= 11 is 1.57. The van der Waals surface area contributed by atoms with Crippen LogP contribution in [-0.2, 0) is 6.42 Å². The number of benzene rings is 1. The monoisotopic (exact) mass is 386 g/mol. The van der Waals surface area contributed by atoms with Crippen molar-refractivity contribution in [2.45, 2.75) is 25.7 Å².